The third-order valence-electron chi connectivity index (χ3n) is 5.56. The molecule has 1 unspecified atom stereocenters. The van der Waals surface area contributed by atoms with Gasteiger partial charge in [-0.3, -0.25) is 9.69 Å². The molecule has 0 spiro atoms. The summed E-state index contributed by atoms with van der Waals surface area (Å²) in [6, 6.07) is 6.02. The number of carbonyl (C=O) groups excluding carboxylic acids is 1. The second-order valence-electron chi connectivity index (χ2n) is 7.88. The highest BCUT2D eigenvalue weighted by atomic mass is 16.2. The third-order valence-corrected chi connectivity index (χ3v) is 5.56. The van der Waals surface area contributed by atoms with Crippen LogP contribution in [0, 0.1) is 11.8 Å². The van der Waals surface area contributed by atoms with Crippen LogP contribution in [-0.4, -0.2) is 63.3 Å². The van der Waals surface area contributed by atoms with Crippen molar-refractivity contribution in [2.75, 3.05) is 26.2 Å². The molecule has 1 aromatic heterocycles. The molecule has 4 rings (SSSR count). The largest absolute Gasteiger partial charge is 0.337 e. The lowest BCUT2D eigenvalue weighted by atomic mass is 10.0. The van der Waals surface area contributed by atoms with Gasteiger partial charge in [0.05, 0.1) is 0 Å². The van der Waals surface area contributed by atoms with Crippen LogP contribution in [-0.2, 0) is 0 Å². The Morgan fingerprint density at radius 1 is 1.24 bits per heavy atom. The first-order valence-corrected chi connectivity index (χ1v) is 9.45. The summed E-state index contributed by atoms with van der Waals surface area (Å²) in [6.45, 7) is 8.52. The molecule has 1 saturated heterocycles. The highest BCUT2D eigenvalue weighted by Gasteiger charge is 2.33. The number of rotatable bonds is 4. The average molecular weight is 341 g/mol. The monoisotopic (exact) mass is 341 g/mol. The maximum atomic E-state index is 13.1. The minimum absolute atomic E-state index is 0.115. The van der Waals surface area contributed by atoms with E-state index in [-0.39, 0.29) is 5.91 Å². The Balaban J connectivity index is 1.52. The normalized spacial score (nSPS) is 22.5. The maximum absolute atomic E-state index is 13.1. The van der Waals surface area contributed by atoms with E-state index in [0.717, 1.165) is 43.0 Å². The fraction of sp³-hybridized carbons (Fsp3) is 0.632. The molecule has 0 bridgehead atoms. The van der Waals surface area contributed by atoms with Gasteiger partial charge in [-0.05, 0) is 49.3 Å². The maximum Gasteiger partial charge on any atom is 0.253 e. The molecular weight excluding hydrogens is 314 g/mol. The summed E-state index contributed by atoms with van der Waals surface area (Å²) in [7, 11) is 0. The van der Waals surface area contributed by atoms with E-state index < -0.39 is 0 Å². The second kappa shape index (κ2) is 6.75. The summed E-state index contributed by atoms with van der Waals surface area (Å²) in [4.78, 5) is 17.8. The predicted molar refractivity (Wildman–Crippen MR) is 97.3 cm³/mol. The molecule has 6 nitrogen and oxygen atoms in total. The van der Waals surface area contributed by atoms with Gasteiger partial charge < -0.3 is 4.90 Å². The number of benzene rings is 1. The Bertz CT molecular complexity index is 751. The van der Waals surface area contributed by atoms with Crippen LogP contribution < -0.4 is 0 Å². The number of carbonyl (C=O) groups is 1. The highest BCUT2D eigenvalue weighted by molar-refractivity contribution is 5.97. The summed E-state index contributed by atoms with van der Waals surface area (Å²) >= 11 is 0. The topological polar surface area (TPSA) is 65.1 Å². The van der Waals surface area contributed by atoms with Gasteiger partial charge in [0.25, 0.3) is 5.91 Å². The minimum atomic E-state index is 0.115. The van der Waals surface area contributed by atoms with Gasteiger partial charge in [0.2, 0.25) is 0 Å². The molecule has 1 atom stereocenters. The van der Waals surface area contributed by atoms with Crippen LogP contribution >= 0.6 is 0 Å². The SMILES string of the molecule is CC(C)C1CN(C(=O)c2ccc3n[nH]nc3c2)CCCN1CC1CC1. The summed E-state index contributed by atoms with van der Waals surface area (Å²) in [5.41, 5.74) is 2.25. The molecule has 1 aliphatic heterocycles. The van der Waals surface area contributed by atoms with Gasteiger partial charge in [0.15, 0.2) is 0 Å². The molecule has 2 aliphatic rings. The molecule has 6 heteroatoms. The lowest BCUT2D eigenvalue weighted by molar-refractivity contribution is 0.0704. The number of H-pyrrole nitrogens is 1. The fourth-order valence-electron chi connectivity index (χ4n) is 3.89. The van der Waals surface area contributed by atoms with Crippen molar-refractivity contribution in [2.24, 2.45) is 11.8 Å². The molecule has 1 aromatic carbocycles. The number of hydrogen-bond donors (Lipinski definition) is 1. The lowest BCUT2D eigenvalue weighted by Gasteiger charge is -2.34. The van der Waals surface area contributed by atoms with E-state index in [1.54, 1.807) is 0 Å². The molecule has 2 fully saturated rings. The number of fused-ring (bicyclic) bond motifs is 1. The zero-order valence-electron chi connectivity index (χ0n) is 15.1. The van der Waals surface area contributed by atoms with E-state index in [2.05, 4.69) is 34.2 Å². The predicted octanol–water partition coefficient (Wildman–Crippen LogP) is 2.54. The van der Waals surface area contributed by atoms with Crippen LogP contribution in [0.4, 0.5) is 0 Å². The van der Waals surface area contributed by atoms with Crippen LogP contribution in [0.15, 0.2) is 18.2 Å². The number of aromatic amines is 1. The van der Waals surface area contributed by atoms with Gasteiger partial charge in [-0.1, -0.05) is 13.8 Å². The van der Waals surface area contributed by atoms with Gasteiger partial charge in [-0.25, -0.2) is 0 Å². The second-order valence-corrected chi connectivity index (χ2v) is 7.88. The number of nitrogens with one attached hydrogen (secondary N) is 1. The van der Waals surface area contributed by atoms with Crippen LogP contribution in [0.5, 0.6) is 0 Å². The lowest BCUT2D eigenvalue weighted by Crippen LogP contribution is -2.46. The van der Waals surface area contributed by atoms with E-state index in [1.165, 1.54) is 19.4 Å². The Labute approximate surface area is 148 Å². The van der Waals surface area contributed by atoms with Crippen LogP contribution in [0.1, 0.15) is 43.5 Å². The molecule has 2 heterocycles. The van der Waals surface area contributed by atoms with E-state index in [0.29, 0.717) is 17.5 Å². The van der Waals surface area contributed by atoms with E-state index in [4.69, 9.17) is 0 Å². The summed E-state index contributed by atoms with van der Waals surface area (Å²) in [6.07, 6.45) is 3.80. The van der Waals surface area contributed by atoms with Crippen molar-refractivity contribution in [1.29, 1.82) is 0 Å². The Morgan fingerprint density at radius 3 is 2.80 bits per heavy atom. The van der Waals surface area contributed by atoms with Crippen molar-refractivity contribution in [3.63, 3.8) is 0 Å². The minimum Gasteiger partial charge on any atom is -0.337 e. The first-order chi connectivity index (χ1) is 12.1. The zero-order chi connectivity index (χ0) is 17.4. The number of hydrogen-bond acceptors (Lipinski definition) is 4. The van der Waals surface area contributed by atoms with E-state index in [9.17, 15) is 4.79 Å². The quantitative estimate of drug-likeness (QED) is 0.928. The Kier molecular flexibility index (Phi) is 4.46. The fourth-order valence-corrected chi connectivity index (χ4v) is 3.89. The number of amides is 1. The van der Waals surface area contributed by atoms with Gasteiger partial charge >= 0.3 is 0 Å². The molecule has 2 aromatic rings. The van der Waals surface area contributed by atoms with Crippen LogP contribution in [0.3, 0.4) is 0 Å². The van der Waals surface area contributed by atoms with Gasteiger partial charge in [-0.15, -0.1) is 0 Å². The van der Waals surface area contributed by atoms with Crippen molar-refractivity contribution in [2.45, 2.75) is 39.2 Å². The summed E-state index contributed by atoms with van der Waals surface area (Å²) in [5, 5.41) is 10.8. The van der Waals surface area contributed by atoms with Crippen molar-refractivity contribution >= 4 is 16.9 Å². The zero-order valence-corrected chi connectivity index (χ0v) is 15.1. The average Bonchev–Trinajstić information content (AvgIpc) is 3.34. The van der Waals surface area contributed by atoms with E-state index in [1.807, 2.05) is 23.1 Å². The van der Waals surface area contributed by atoms with Crippen molar-refractivity contribution in [1.82, 2.24) is 25.2 Å². The molecule has 1 N–H and O–H groups in total. The Morgan fingerprint density at radius 2 is 2.04 bits per heavy atom. The third kappa shape index (κ3) is 3.54. The first-order valence-electron chi connectivity index (χ1n) is 9.45. The highest BCUT2D eigenvalue weighted by Crippen LogP contribution is 2.32. The molecular formula is C19H27N5O. The number of nitrogens with zero attached hydrogens (tertiary/aromatic N) is 4. The van der Waals surface area contributed by atoms with Crippen molar-refractivity contribution in [3.8, 4) is 0 Å². The summed E-state index contributed by atoms with van der Waals surface area (Å²) < 4.78 is 0. The first kappa shape index (κ1) is 16.5. The van der Waals surface area contributed by atoms with E-state index >= 15 is 0 Å². The van der Waals surface area contributed by atoms with Gasteiger partial charge in [0.1, 0.15) is 11.0 Å². The molecule has 134 valence electrons. The molecule has 1 aliphatic carbocycles. The standard InChI is InChI=1S/C19H27N5O/c1-13(2)18-12-24(9-3-8-23(18)11-14-4-5-14)19(25)15-6-7-16-17(10-15)21-22-20-16/h6-7,10,13-14,18H,3-5,8-9,11-12H2,1-2H3,(H,20,21,22). The molecule has 1 saturated carbocycles. The van der Waals surface area contributed by atoms with Crippen LogP contribution in [0.2, 0.25) is 0 Å². The van der Waals surface area contributed by atoms with Crippen molar-refractivity contribution < 1.29 is 4.79 Å². The van der Waals surface area contributed by atoms with Crippen LogP contribution in [0.25, 0.3) is 11.0 Å². The number of aromatic nitrogens is 3. The van der Waals surface area contributed by atoms with Gasteiger partial charge in [0, 0.05) is 37.8 Å². The van der Waals surface area contributed by atoms with Crippen molar-refractivity contribution in [3.05, 3.63) is 23.8 Å². The molecule has 25 heavy (non-hydrogen) atoms. The van der Waals surface area contributed by atoms with Gasteiger partial charge in [-0.2, -0.15) is 15.4 Å². The summed E-state index contributed by atoms with van der Waals surface area (Å²) in [5.74, 6) is 1.55. The molecule has 1 amide bonds. The molecule has 0 radical (unpaired) electrons. The Hall–Kier alpha value is -1.95. The smallest absolute Gasteiger partial charge is 0.253 e.